The highest BCUT2D eigenvalue weighted by Gasteiger charge is 2.33. The second-order valence-electron chi connectivity index (χ2n) is 6.85. The van der Waals surface area contributed by atoms with Gasteiger partial charge in [-0.15, -0.1) is 0 Å². The highest BCUT2D eigenvalue weighted by Crippen LogP contribution is 2.36. The highest BCUT2D eigenvalue weighted by molar-refractivity contribution is 5.90. The first kappa shape index (κ1) is 17.3. The van der Waals surface area contributed by atoms with E-state index in [0.717, 1.165) is 41.2 Å². The number of aryl methyl sites for hydroxylation is 1. The van der Waals surface area contributed by atoms with Crippen molar-refractivity contribution in [2.75, 3.05) is 6.54 Å². The Bertz CT molecular complexity index is 1010. The number of carboxylic acids is 1. The van der Waals surface area contributed by atoms with Crippen LogP contribution in [0, 0.1) is 6.92 Å². The Kier molecular flexibility index (Phi) is 4.19. The van der Waals surface area contributed by atoms with Crippen LogP contribution in [0.15, 0.2) is 30.7 Å². The summed E-state index contributed by atoms with van der Waals surface area (Å²) in [6, 6.07) is 4.67. The van der Waals surface area contributed by atoms with Gasteiger partial charge in [0, 0.05) is 43.5 Å². The number of phenols is 1. The van der Waals surface area contributed by atoms with E-state index < -0.39 is 5.97 Å². The number of H-pyrrole nitrogens is 1. The van der Waals surface area contributed by atoms with Gasteiger partial charge in [0.1, 0.15) is 11.3 Å². The Hall–Kier alpha value is -3.13. The van der Waals surface area contributed by atoms with E-state index in [1.807, 2.05) is 24.9 Å². The first-order chi connectivity index (χ1) is 13.0. The molecule has 1 aliphatic heterocycles. The van der Waals surface area contributed by atoms with Crippen molar-refractivity contribution in [1.82, 2.24) is 24.6 Å². The highest BCUT2D eigenvalue weighted by atomic mass is 16.4. The van der Waals surface area contributed by atoms with Gasteiger partial charge >= 0.3 is 5.97 Å². The quantitative estimate of drug-likeness (QED) is 0.651. The van der Waals surface area contributed by atoms with Crippen LogP contribution in [0.25, 0.3) is 0 Å². The number of rotatable bonds is 4. The number of nitrogens with one attached hydrogen (secondary N) is 1. The molecule has 8 nitrogen and oxygen atoms in total. The molecule has 0 amide bonds. The standard InChI is InChI=1S/C19H21N5O3/c1-11-14(8-22-23(11)2)18-17-15(20-10-21-17)5-6-24(18)9-12-3-4-16(25)13(7-12)19(26)27/h3-4,7-8,10,18,25H,5-6,9H2,1-2H3,(H,20,21)(H,26,27). The molecule has 3 aromatic rings. The zero-order chi connectivity index (χ0) is 19.1. The smallest absolute Gasteiger partial charge is 0.339 e. The van der Waals surface area contributed by atoms with Gasteiger partial charge in [-0.2, -0.15) is 5.10 Å². The molecular weight excluding hydrogens is 346 g/mol. The summed E-state index contributed by atoms with van der Waals surface area (Å²) >= 11 is 0. The van der Waals surface area contributed by atoms with Gasteiger partial charge < -0.3 is 15.2 Å². The van der Waals surface area contributed by atoms with Gasteiger partial charge in [-0.25, -0.2) is 9.78 Å². The van der Waals surface area contributed by atoms with Crippen LogP contribution in [0.4, 0.5) is 0 Å². The molecule has 0 saturated heterocycles. The fraction of sp³-hybridized carbons (Fsp3) is 0.316. The SMILES string of the molecule is Cc1c(C2c3nc[nH]c3CCN2Cc2ccc(O)c(C(=O)O)c2)cnn1C. The van der Waals surface area contributed by atoms with Crippen molar-refractivity contribution in [3.63, 3.8) is 0 Å². The largest absolute Gasteiger partial charge is 0.507 e. The summed E-state index contributed by atoms with van der Waals surface area (Å²) < 4.78 is 1.84. The maximum absolute atomic E-state index is 11.3. The van der Waals surface area contributed by atoms with Gasteiger partial charge in [0.15, 0.2) is 0 Å². The van der Waals surface area contributed by atoms with Crippen LogP contribution in [0.2, 0.25) is 0 Å². The number of imidazole rings is 1. The summed E-state index contributed by atoms with van der Waals surface area (Å²) in [4.78, 5) is 21.4. The molecule has 1 aromatic carbocycles. The molecule has 0 radical (unpaired) electrons. The summed E-state index contributed by atoms with van der Waals surface area (Å²) in [6.45, 7) is 3.38. The summed E-state index contributed by atoms with van der Waals surface area (Å²) in [5.41, 5.74) is 5.00. The third kappa shape index (κ3) is 2.97. The van der Waals surface area contributed by atoms with Crippen LogP contribution in [0.1, 0.15) is 44.6 Å². The molecule has 3 heterocycles. The van der Waals surface area contributed by atoms with Gasteiger partial charge in [-0.1, -0.05) is 6.07 Å². The molecule has 0 spiro atoms. The van der Waals surface area contributed by atoms with E-state index in [9.17, 15) is 15.0 Å². The van der Waals surface area contributed by atoms with E-state index in [1.165, 1.54) is 12.1 Å². The van der Waals surface area contributed by atoms with E-state index in [4.69, 9.17) is 0 Å². The lowest BCUT2D eigenvalue weighted by Crippen LogP contribution is -2.36. The number of hydrogen-bond acceptors (Lipinski definition) is 5. The number of carbonyl (C=O) groups is 1. The number of hydrogen-bond donors (Lipinski definition) is 3. The average Bonchev–Trinajstić information content (AvgIpc) is 3.24. The Morgan fingerprint density at radius 3 is 2.93 bits per heavy atom. The molecule has 140 valence electrons. The van der Waals surface area contributed by atoms with Crippen molar-refractivity contribution in [2.24, 2.45) is 7.05 Å². The van der Waals surface area contributed by atoms with Crippen LogP contribution in [-0.4, -0.2) is 47.4 Å². The van der Waals surface area contributed by atoms with Gasteiger partial charge in [0.2, 0.25) is 0 Å². The average molecular weight is 367 g/mol. The molecule has 27 heavy (non-hydrogen) atoms. The zero-order valence-electron chi connectivity index (χ0n) is 15.2. The van der Waals surface area contributed by atoms with Crippen LogP contribution >= 0.6 is 0 Å². The first-order valence-corrected chi connectivity index (χ1v) is 8.75. The zero-order valence-corrected chi connectivity index (χ0v) is 15.2. The minimum atomic E-state index is -1.14. The van der Waals surface area contributed by atoms with E-state index in [2.05, 4.69) is 20.0 Å². The molecule has 4 rings (SSSR count). The van der Waals surface area contributed by atoms with Gasteiger partial charge in [-0.05, 0) is 24.6 Å². The lowest BCUT2D eigenvalue weighted by Gasteiger charge is -2.35. The van der Waals surface area contributed by atoms with Crippen LogP contribution < -0.4 is 0 Å². The van der Waals surface area contributed by atoms with Gasteiger partial charge in [0.25, 0.3) is 0 Å². The van der Waals surface area contributed by atoms with Gasteiger partial charge in [0.05, 0.1) is 24.3 Å². The topological polar surface area (TPSA) is 107 Å². The lowest BCUT2D eigenvalue weighted by atomic mass is 9.95. The fourth-order valence-electron chi connectivity index (χ4n) is 3.71. The molecule has 2 aromatic heterocycles. The number of carboxylic acid groups (broad SMARTS) is 1. The summed E-state index contributed by atoms with van der Waals surface area (Å²) in [5.74, 6) is -1.36. The van der Waals surface area contributed by atoms with Gasteiger partial charge in [-0.3, -0.25) is 9.58 Å². The lowest BCUT2D eigenvalue weighted by molar-refractivity contribution is 0.0693. The monoisotopic (exact) mass is 367 g/mol. The third-order valence-corrected chi connectivity index (χ3v) is 5.27. The number of fused-ring (bicyclic) bond motifs is 1. The summed E-state index contributed by atoms with van der Waals surface area (Å²) in [5, 5.41) is 23.4. The van der Waals surface area contributed by atoms with E-state index in [1.54, 1.807) is 12.4 Å². The van der Waals surface area contributed by atoms with Crippen molar-refractivity contribution in [3.05, 3.63) is 64.5 Å². The molecule has 1 unspecified atom stereocenters. The fourth-order valence-corrected chi connectivity index (χ4v) is 3.71. The molecule has 1 atom stereocenters. The van der Waals surface area contributed by atoms with E-state index >= 15 is 0 Å². The second kappa shape index (κ2) is 6.55. The number of aromatic amines is 1. The number of aromatic nitrogens is 4. The summed E-state index contributed by atoms with van der Waals surface area (Å²) in [6.07, 6.45) is 4.43. The van der Waals surface area contributed by atoms with Crippen molar-refractivity contribution in [2.45, 2.75) is 25.9 Å². The van der Waals surface area contributed by atoms with Crippen molar-refractivity contribution >= 4 is 5.97 Å². The van der Waals surface area contributed by atoms with E-state index in [-0.39, 0.29) is 17.4 Å². The maximum Gasteiger partial charge on any atom is 0.339 e. The minimum Gasteiger partial charge on any atom is -0.507 e. The summed E-state index contributed by atoms with van der Waals surface area (Å²) in [7, 11) is 1.91. The van der Waals surface area contributed by atoms with Crippen LogP contribution in [-0.2, 0) is 20.0 Å². The molecule has 0 bridgehead atoms. The normalized spacial score (nSPS) is 17.0. The van der Waals surface area contributed by atoms with Crippen molar-refractivity contribution in [3.8, 4) is 5.75 Å². The molecule has 0 fully saturated rings. The molecule has 0 saturated carbocycles. The molecule has 1 aliphatic rings. The number of benzene rings is 1. The third-order valence-electron chi connectivity index (χ3n) is 5.27. The second-order valence-corrected chi connectivity index (χ2v) is 6.85. The minimum absolute atomic E-state index is 0.0595. The first-order valence-electron chi connectivity index (χ1n) is 8.75. The predicted molar refractivity (Wildman–Crippen MR) is 97.6 cm³/mol. The number of aromatic hydroxyl groups is 1. The van der Waals surface area contributed by atoms with E-state index in [0.29, 0.717) is 6.54 Å². The maximum atomic E-state index is 11.3. The molecule has 8 heteroatoms. The van der Waals surface area contributed by atoms with Crippen molar-refractivity contribution < 1.29 is 15.0 Å². The molecular formula is C19H21N5O3. The predicted octanol–water partition coefficient (Wildman–Crippen LogP) is 2.00. The molecule has 3 N–H and O–H groups in total. The Morgan fingerprint density at radius 2 is 2.22 bits per heavy atom. The Balaban J connectivity index is 1.72. The molecule has 0 aliphatic carbocycles. The Morgan fingerprint density at radius 1 is 1.41 bits per heavy atom. The number of nitrogens with zero attached hydrogens (tertiary/aromatic N) is 4. The number of aromatic carboxylic acids is 1. The van der Waals surface area contributed by atoms with Crippen molar-refractivity contribution in [1.29, 1.82) is 0 Å². The Labute approximate surface area is 156 Å². The van der Waals surface area contributed by atoms with Crippen LogP contribution in [0.3, 0.4) is 0 Å². The van der Waals surface area contributed by atoms with Crippen LogP contribution in [0.5, 0.6) is 5.75 Å².